The van der Waals surface area contributed by atoms with E-state index in [0.29, 0.717) is 33.9 Å². The number of anilines is 4. The monoisotopic (exact) mass is 627 g/mol. The molecule has 0 saturated carbocycles. The zero-order valence-electron chi connectivity index (χ0n) is 25.3. The lowest BCUT2D eigenvalue weighted by atomic mass is 10.00. The zero-order valence-corrected chi connectivity index (χ0v) is 25.3. The van der Waals surface area contributed by atoms with E-state index in [9.17, 15) is 19.2 Å². The molecule has 0 bridgehead atoms. The fourth-order valence-electron chi connectivity index (χ4n) is 6.26. The van der Waals surface area contributed by atoms with Gasteiger partial charge in [-0.2, -0.15) is 0 Å². The van der Waals surface area contributed by atoms with E-state index in [4.69, 9.17) is 11.5 Å². The van der Waals surface area contributed by atoms with Crippen LogP contribution in [-0.2, 0) is 0 Å². The molecule has 0 unspecified atom stereocenters. The molecule has 8 rings (SSSR count). The van der Waals surface area contributed by atoms with E-state index in [1.54, 1.807) is 103 Å². The average molecular weight is 628 g/mol. The number of imide groups is 2. The van der Waals surface area contributed by atoms with Crippen molar-refractivity contribution in [3.05, 3.63) is 150 Å². The van der Waals surface area contributed by atoms with Gasteiger partial charge >= 0.3 is 0 Å². The van der Waals surface area contributed by atoms with Crippen LogP contribution in [0.1, 0.15) is 41.4 Å². The molecule has 0 fully saturated rings. The van der Waals surface area contributed by atoms with Crippen molar-refractivity contribution < 1.29 is 19.2 Å². The first kappa shape index (κ1) is 28.6. The summed E-state index contributed by atoms with van der Waals surface area (Å²) in [5.41, 5.74) is 18.9. The number of benzene rings is 5. The van der Waals surface area contributed by atoms with Gasteiger partial charge in [0.1, 0.15) is 0 Å². The fraction of sp³-hybridized carbons (Fsp3) is 0. The van der Waals surface area contributed by atoms with Crippen molar-refractivity contribution in [3.8, 4) is 33.4 Å². The van der Waals surface area contributed by atoms with E-state index in [1.165, 1.54) is 0 Å². The first-order valence-corrected chi connectivity index (χ1v) is 15.1. The Morgan fingerprint density at radius 1 is 0.438 bits per heavy atom. The third-order valence-corrected chi connectivity index (χ3v) is 8.71. The second-order valence-corrected chi connectivity index (χ2v) is 11.6. The Labute approximate surface area is 274 Å². The fourth-order valence-corrected chi connectivity index (χ4v) is 6.26. The maximum atomic E-state index is 13.9. The molecule has 2 aliphatic rings. The van der Waals surface area contributed by atoms with Gasteiger partial charge in [0.2, 0.25) is 0 Å². The molecule has 0 atom stereocenters. The number of fused-ring (bicyclic) bond motifs is 2. The normalized spacial score (nSPS) is 13.7. The number of amides is 4. The van der Waals surface area contributed by atoms with Crippen LogP contribution in [0, 0.1) is 0 Å². The average Bonchev–Trinajstić information content (AvgIpc) is 3.52. The number of carbonyl (C=O) groups excluding carboxylic acids is 4. The van der Waals surface area contributed by atoms with Crippen LogP contribution in [-0.4, -0.2) is 28.6 Å². The van der Waals surface area contributed by atoms with Gasteiger partial charge in [0, 0.05) is 34.9 Å². The highest BCUT2D eigenvalue weighted by molar-refractivity contribution is 6.36. The maximum absolute atomic E-state index is 13.9. The Bertz CT molecular complexity index is 2330. The van der Waals surface area contributed by atoms with Crippen molar-refractivity contribution in [1.82, 2.24) is 4.98 Å². The van der Waals surface area contributed by atoms with Crippen LogP contribution in [0.2, 0.25) is 0 Å². The highest BCUT2D eigenvalue weighted by Crippen LogP contribution is 2.41. The number of nitrogens with two attached hydrogens (primary N) is 2. The van der Waals surface area contributed by atoms with Crippen LogP contribution >= 0.6 is 0 Å². The summed E-state index contributed by atoms with van der Waals surface area (Å²) >= 11 is 0. The Hall–Kier alpha value is -6.87. The second kappa shape index (κ2) is 10.9. The lowest BCUT2D eigenvalue weighted by Gasteiger charge is -2.21. The Balaban J connectivity index is 1.18. The molecule has 0 radical (unpaired) electrons. The molecule has 230 valence electrons. The number of hydrogen-bond acceptors (Lipinski definition) is 7. The number of nitrogens with zero attached hydrogens (tertiary/aromatic N) is 3. The second-order valence-electron chi connectivity index (χ2n) is 11.6. The molecule has 9 heteroatoms. The van der Waals surface area contributed by atoms with Crippen molar-refractivity contribution in [2.45, 2.75) is 0 Å². The smallest absolute Gasteiger partial charge is 0.266 e. The minimum absolute atomic E-state index is 0.271. The molecule has 9 nitrogen and oxygen atoms in total. The van der Waals surface area contributed by atoms with E-state index in [0.717, 1.165) is 32.1 Å². The number of hydrogen-bond donors (Lipinski definition) is 2. The summed E-state index contributed by atoms with van der Waals surface area (Å²) in [6.45, 7) is 0. The van der Waals surface area contributed by atoms with Crippen molar-refractivity contribution in [1.29, 1.82) is 0 Å². The number of carbonyl (C=O) groups is 4. The lowest BCUT2D eigenvalue weighted by Crippen LogP contribution is -2.31. The quantitative estimate of drug-likeness (QED) is 0.157. The first-order chi connectivity index (χ1) is 23.3. The van der Waals surface area contributed by atoms with Gasteiger partial charge in [-0.05, 0) is 95.1 Å². The molecule has 2 aliphatic heterocycles. The predicted molar refractivity (Wildman–Crippen MR) is 185 cm³/mol. The molecule has 0 saturated heterocycles. The van der Waals surface area contributed by atoms with E-state index in [-0.39, 0.29) is 22.3 Å². The Kier molecular flexibility index (Phi) is 6.48. The topological polar surface area (TPSA) is 140 Å². The van der Waals surface area contributed by atoms with Gasteiger partial charge in [-0.1, -0.05) is 42.5 Å². The van der Waals surface area contributed by atoms with Crippen molar-refractivity contribution >= 4 is 46.4 Å². The van der Waals surface area contributed by atoms with Crippen LogP contribution in [0.4, 0.5) is 22.7 Å². The molecular formula is C39H25N5O4. The Morgan fingerprint density at radius 3 is 1.48 bits per heavy atom. The molecule has 48 heavy (non-hydrogen) atoms. The van der Waals surface area contributed by atoms with Gasteiger partial charge < -0.3 is 11.5 Å². The number of pyridine rings is 1. The largest absolute Gasteiger partial charge is 0.399 e. The van der Waals surface area contributed by atoms with Gasteiger partial charge in [-0.25, -0.2) is 9.80 Å². The molecule has 6 aromatic rings. The van der Waals surface area contributed by atoms with Crippen molar-refractivity contribution in [2.24, 2.45) is 0 Å². The summed E-state index contributed by atoms with van der Waals surface area (Å²) < 4.78 is 0. The molecule has 5 aromatic carbocycles. The maximum Gasteiger partial charge on any atom is 0.266 e. The van der Waals surface area contributed by atoms with E-state index in [1.807, 2.05) is 24.3 Å². The van der Waals surface area contributed by atoms with Gasteiger partial charge in [0.15, 0.2) is 0 Å². The highest BCUT2D eigenvalue weighted by atomic mass is 16.2. The third kappa shape index (κ3) is 4.52. The molecular weight excluding hydrogens is 602 g/mol. The molecule has 4 amide bonds. The number of aromatic nitrogens is 1. The van der Waals surface area contributed by atoms with Gasteiger partial charge in [0.05, 0.1) is 33.6 Å². The summed E-state index contributed by atoms with van der Waals surface area (Å²) in [4.78, 5) is 61.7. The standard InChI is InChI=1S/C39H25N5O4/c40-27-9-3-22(4-10-27)24-7-14-30-33(18-24)38(47)43(36(30)45)29-13-16-35(32(20-29)26-2-1-17-42-21-26)44-37(46)31-15-8-25(19-34(31)39(44)48)23-5-11-28(41)12-6-23/h1-21H,40-41H2. The highest BCUT2D eigenvalue weighted by Gasteiger charge is 2.40. The minimum atomic E-state index is -0.485. The Morgan fingerprint density at radius 2 is 0.938 bits per heavy atom. The van der Waals surface area contributed by atoms with Gasteiger partial charge in [-0.15, -0.1) is 0 Å². The number of rotatable bonds is 5. The lowest BCUT2D eigenvalue weighted by molar-refractivity contribution is 0.0909. The van der Waals surface area contributed by atoms with E-state index in [2.05, 4.69) is 4.98 Å². The van der Waals surface area contributed by atoms with Crippen LogP contribution in [0.3, 0.4) is 0 Å². The predicted octanol–water partition coefficient (Wildman–Crippen LogP) is 6.85. The van der Waals surface area contributed by atoms with Crippen molar-refractivity contribution in [2.75, 3.05) is 21.3 Å². The molecule has 1 aromatic heterocycles. The first-order valence-electron chi connectivity index (χ1n) is 15.1. The van der Waals surface area contributed by atoms with E-state index < -0.39 is 23.6 Å². The number of nitrogen functional groups attached to an aromatic ring is 2. The SMILES string of the molecule is Nc1ccc(-c2ccc3c(c2)C(=O)N(c2ccc(N4C(=O)c5ccc(-c6ccc(N)cc6)cc5C4=O)c(-c4cccnc4)c2)C3=O)cc1. The molecule has 0 aliphatic carbocycles. The zero-order chi connectivity index (χ0) is 33.1. The summed E-state index contributed by atoms with van der Waals surface area (Å²) in [5, 5.41) is 0. The molecule has 3 heterocycles. The van der Waals surface area contributed by atoms with Crippen LogP contribution in [0.15, 0.2) is 128 Å². The van der Waals surface area contributed by atoms with Gasteiger partial charge in [-0.3, -0.25) is 24.2 Å². The summed E-state index contributed by atoms with van der Waals surface area (Å²) in [6.07, 6.45) is 3.21. The van der Waals surface area contributed by atoms with Crippen molar-refractivity contribution in [3.63, 3.8) is 0 Å². The minimum Gasteiger partial charge on any atom is -0.399 e. The summed E-state index contributed by atoms with van der Waals surface area (Å²) in [5.74, 6) is -1.92. The van der Waals surface area contributed by atoms with E-state index >= 15 is 0 Å². The van der Waals surface area contributed by atoms with Crippen LogP contribution in [0.25, 0.3) is 33.4 Å². The molecule has 4 N–H and O–H groups in total. The van der Waals surface area contributed by atoms with Crippen LogP contribution < -0.4 is 21.3 Å². The molecule has 0 spiro atoms. The summed E-state index contributed by atoms with van der Waals surface area (Å²) in [6, 6.07) is 33.1. The third-order valence-electron chi connectivity index (χ3n) is 8.71. The summed E-state index contributed by atoms with van der Waals surface area (Å²) in [7, 11) is 0. The van der Waals surface area contributed by atoms with Gasteiger partial charge in [0.25, 0.3) is 23.6 Å². The van der Waals surface area contributed by atoms with Crippen LogP contribution in [0.5, 0.6) is 0 Å².